The maximum atomic E-state index is 12.6. The minimum Gasteiger partial charge on any atom is -0.342 e. The number of anilines is 1. The molecule has 1 N–H and O–H groups in total. The number of hydrogen-bond acceptors (Lipinski definition) is 3. The van der Waals surface area contributed by atoms with Gasteiger partial charge in [0, 0.05) is 31.6 Å². The van der Waals surface area contributed by atoms with Crippen molar-refractivity contribution in [3.05, 3.63) is 59.4 Å². The van der Waals surface area contributed by atoms with Gasteiger partial charge < -0.3 is 14.8 Å². The molecule has 0 saturated carbocycles. The largest absolute Gasteiger partial charge is 0.342 e. The number of aromatic nitrogens is 2. The Morgan fingerprint density at radius 2 is 1.89 bits per heavy atom. The molecule has 6 nitrogen and oxygen atoms in total. The molecule has 0 bridgehead atoms. The monoisotopic (exact) mass is 376 g/mol. The summed E-state index contributed by atoms with van der Waals surface area (Å²) in [7, 11) is 0. The minimum atomic E-state index is -0.0411. The highest BCUT2D eigenvalue weighted by Crippen LogP contribution is 2.20. The van der Waals surface area contributed by atoms with E-state index in [9.17, 15) is 9.59 Å². The third-order valence-corrected chi connectivity index (χ3v) is 5.44. The predicted molar refractivity (Wildman–Crippen MR) is 109 cm³/mol. The van der Waals surface area contributed by atoms with Crippen LogP contribution in [0.15, 0.2) is 42.5 Å². The number of piperazine rings is 1. The molecule has 0 atom stereocenters. The van der Waals surface area contributed by atoms with Gasteiger partial charge in [-0.05, 0) is 43.2 Å². The molecule has 0 unspecified atom stereocenters. The molecule has 0 spiro atoms. The van der Waals surface area contributed by atoms with E-state index < -0.39 is 0 Å². The lowest BCUT2D eigenvalue weighted by atomic mass is 10.1. The zero-order valence-electron chi connectivity index (χ0n) is 16.2. The fourth-order valence-corrected chi connectivity index (χ4v) is 3.63. The molecular formula is C22H24N4O2. The lowest BCUT2D eigenvalue weighted by molar-refractivity contribution is -0.136. The summed E-state index contributed by atoms with van der Waals surface area (Å²) in [5, 5.41) is 0. The number of imidazole rings is 1. The topological polar surface area (TPSA) is 69.3 Å². The van der Waals surface area contributed by atoms with Crippen molar-refractivity contribution in [3.63, 3.8) is 0 Å². The number of carbonyl (C=O) groups excluding carboxylic acids is 2. The normalized spacial score (nSPS) is 14.7. The number of carbonyl (C=O) groups is 2. The van der Waals surface area contributed by atoms with Gasteiger partial charge in [0.15, 0.2) is 0 Å². The van der Waals surface area contributed by atoms with Gasteiger partial charge in [0.1, 0.15) is 12.4 Å². The number of rotatable bonds is 4. The summed E-state index contributed by atoms with van der Waals surface area (Å²) in [6.07, 6.45) is 0.884. The van der Waals surface area contributed by atoms with Crippen LogP contribution < -0.4 is 4.90 Å². The number of nitrogens with one attached hydrogen (secondary N) is 1. The van der Waals surface area contributed by atoms with E-state index in [1.807, 2.05) is 36.4 Å². The summed E-state index contributed by atoms with van der Waals surface area (Å²) in [5.41, 5.74) is 5.21. The zero-order chi connectivity index (χ0) is 19.7. The first-order valence-electron chi connectivity index (χ1n) is 9.61. The third kappa shape index (κ3) is 3.50. The highest BCUT2D eigenvalue weighted by atomic mass is 16.2. The Balaban J connectivity index is 1.37. The van der Waals surface area contributed by atoms with Gasteiger partial charge in [-0.25, -0.2) is 4.98 Å². The number of nitrogens with zero attached hydrogens (tertiary/aromatic N) is 3. The highest BCUT2D eigenvalue weighted by molar-refractivity contribution is 5.97. The second-order valence-corrected chi connectivity index (χ2v) is 7.28. The van der Waals surface area contributed by atoms with Crippen LogP contribution in [0.5, 0.6) is 0 Å². The molecule has 4 rings (SSSR count). The molecule has 0 aliphatic carbocycles. The van der Waals surface area contributed by atoms with Crippen LogP contribution in [0.1, 0.15) is 23.4 Å². The van der Waals surface area contributed by atoms with Crippen LogP contribution in [0.2, 0.25) is 0 Å². The van der Waals surface area contributed by atoms with E-state index in [0.29, 0.717) is 25.9 Å². The summed E-state index contributed by atoms with van der Waals surface area (Å²) in [5.74, 6) is 0.765. The van der Waals surface area contributed by atoms with Gasteiger partial charge in [-0.1, -0.05) is 24.3 Å². The molecule has 1 aromatic heterocycles. The van der Waals surface area contributed by atoms with E-state index in [1.54, 1.807) is 9.80 Å². The summed E-state index contributed by atoms with van der Waals surface area (Å²) in [6.45, 7) is 5.34. The van der Waals surface area contributed by atoms with E-state index in [-0.39, 0.29) is 18.4 Å². The molecular weight excluding hydrogens is 352 g/mol. The SMILES string of the molecule is Cc1ccc2[nH]c(CCC(=O)N3CCN(c4ccccc4)C(=O)C3)nc2c1C. The third-order valence-electron chi connectivity index (χ3n) is 5.44. The van der Waals surface area contributed by atoms with Crippen LogP contribution in [0, 0.1) is 13.8 Å². The van der Waals surface area contributed by atoms with E-state index >= 15 is 0 Å². The van der Waals surface area contributed by atoms with Crippen molar-refractivity contribution in [3.8, 4) is 0 Å². The van der Waals surface area contributed by atoms with Crippen LogP contribution >= 0.6 is 0 Å². The fourth-order valence-electron chi connectivity index (χ4n) is 3.63. The minimum absolute atomic E-state index is 0.00517. The van der Waals surface area contributed by atoms with Crippen molar-refractivity contribution in [2.45, 2.75) is 26.7 Å². The van der Waals surface area contributed by atoms with Crippen molar-refractivity contribution in [1.29, 1.82) is 0 Å². The second-order valence-electron chi connectivity index (χ2n) is 7.28. The summed E-state index contributed by atoms with van der Waals surface area (Å²) in [6, 6.07) is 13.7. The second kappa shape index (κ2) is 7.46. The Hall–Kier alpha value is -3.15. The Bertz CT molecular complexity index is 1030. The van der Waals surface area contributed by atoms with Crippen molar-refractivity contribution in [2.24, 2.45) is 0 Å². The van der Waals surface area contributed by atoms with Crippen LogP contribution in [0.4, 0.5) is 5.69 Å². The predicted octanol–water partition coefficient (Wildman–Crippen LogP) is 2.99. The molecule has 6 heteroatoms. The first-order chi connectivity index (χ1) is 13.5. The first-order valence-corrected chi connectivity index (χ1v) is 9.61. The Morgan fingerprint density at radius 1 is 1.11 bits per heavy atom. The van der Waals surface area contributed by atoms with Crippen LogP contribution in [0.3, 0.4) is 0 Å². The molecule has 1 aliphatic heterocycles. The lowest BCUT2D eigenvalue weighted by Gasteiger charge is -2.34. The summed E-state index contributed by atoms with van der Waals surface area (Å²) >= 11 is 0. The van der Waals surface area contributed by atoms with Crippen LogP contribution in [-0.4, -0.2) is 46.3 Å². The van der Waals surface area contributed by atoms with Gasteiger partial charge in [0.25, 0.3) is 0 Å². The van der Waals surface area contributed by atoms with Crippen molar-refractivity contribution in [1.82, 2.24) is 14.9 Å². The van der Waals surface area contributed by atoms with Gasteiger partial charge in [-0.3, -0.25) is 9.59 Å². The van der Waals surface area contributed by atoms with E-state index in [2.05, 4.69) is 29.9 Å². The average molecular weight is 376 g/mol. The number of amides is 2. The fraction of sp³-hybridized carbons (Fsp3) is 0.318. The molecule has 1 fully saturated rings. The molecule has 144 valence electrons. The van der Waals surface area contributed by atoms with Gasteiger partial charge in [-0.2, -0.15) is 0 Å². The van der Waals surface area contributed by atoms with Crippen molar-refractivity contribution in [2.75, 3.05) is 24.5 Å². The number of aryl methyl sites for hydroxylation is 3. The van der Waals surface area contributed by atoms with Crippen LogP contribution in [0.25, 0.3) is 11.0 Å². The zero-order valence-corrected chi connectivity index (χ0v) is 16.2. The van der Waals surface area contributed by atoms with E-state index in [1.165, 1.54) is 5.56 Å². The molecule has 3 aromatic rings. The summed E-state index contributed by atoms with van der Waals surface area (Å²) < 4.78 is 0. The molecule has 2 aromatic carbocycles. The smallest absolute Gasteiger partial charge is 0.246 e. The molecule has 1 saturated heterocycles. The highest BCUT2D eigenvalue weighted by Gasteiger charge is 2.27. The number of hydrogen-bond donors (Lipinski definition) is 1. The molecule has 28 heavy (non-hydrogen) atoms. The quantitative estimate of drug-likeness (QED) is 0.761. The number of fused-ring (bicyclic) bond motifs is 1. The van der Waals surface area contributed by atoms with Crippen molar-refractivity contribution < 1.29 is 9.59 Å². The first kappa shape index (κ1) is 18.2. The molecule has 1 aliphatic rings. The molecule has 2 amide bonds. The Morgan fingerprint density at radius 3 is 2.64 bits per heavy atom. The van der Waals surface area contributed by atoms with Crippen molar-refractivity contribution >= 4 is 28.5 Å². The number of aromatic amines is 1. The number of H-pyrrole nitrogens is 1. The van der Waals surface area contributed by atoms with Gasteiger partial charge >= 0.3 is 0 Å². The maximum Gasteiger partial charge on any atom is 0.246 e. The molecule has 0 radical (unpaired) electrons. The number of para-hydroxylation sites is 1. The van der Waals surface area contributed by atoms with Crippen LogP contribution in [-0.2, 0) is 16.0 Å². The average Bonchev–Trinajstić information content (AvgIpc) is 3.13. The van der Waals surface area contributed by atoms with E-state index in [0.717, 1.165) is 28.1 Å². The standard InChI is InChI=1S/C22H24N4O2/c1-15-8-9-18-22(16(15)2)24-19(23-18)10-11-20(27)25-12-13-26(21(28)14-25)17-6-4-3-5-7-17/h3-9H,10-14H2,1-2H3,(H,23,24). The maximum absolute atomic E-state index is 12.6. The van der Waals surface area contributed by atoms with Gasteiger partial charge in [0.05, 0.1) is 11.0 Å². The Kier molecular flexibility index (Phi) is 4.86. The van der Waals surface area contributed by atoms with E-state index in [4.69, 9.17) is 0 Å². The Labute approximate surface area is 164 Å². The molecule has 2 heterocycles. The lowest BCUT2D eigenvalue weighted by Crippen LogP contribution is -2.52. The van der Waals surface area contributed by atoms with Gasteiger partial charge in [-0.15, -0.1) is 0 Å². The van der Waals surface area contributed by atoms with Gasteiger partial charge in [0.2, 0.25) is 11.8 Å². The number of benzene rings is 2. The summed E-state index contributed by atoms with van der Waals surface area (Å²) in [4.78, 5) is 36.4.